The van der Waals surface area contributed by atoms with Gasteiger partial charge in [0.25, 0.3) is 0 Å². The molecule has 0 aliphatic heterocycles. The van der Waals surface area contributed by atoms with Gasteiger partial charge in [-0.15, -0.1) is 0 Å². The van der Waals surface area contributed by atoms with Crippen LogP contribution in [0, 0.1) is 0 Å². The molecule has 36 heavy (non-hydrogen) atoms. The van der Waals surface area contributed by atoms with Crippen LogP contribution < -0.4 is 15.9 Å². The number of rotatable bonds is 13. The summed E-state index contributed by atoms with van der Waals surface area (Å²) in [5.74, 6) is -0.903. The Morgan fingerprint density at radius 1 is 1.08 bits per heavy atom. The first-order chi connectivity index (χ1) is 16.6. The van der Waals surface area contributed by atoms with Crippen molar-refractivity contribution in [1.82, 2.24) is 29.7 Å². The summed E-state index contributed by atoms with van der Waals surface area (Å²) in [7, 11) is -3.69. The second-order valence-corrected chi connectivity index (χ2v) is 11.9. The predicted molar refractivity (Wildman–Crippen MR) is 135 cm³/mol. The van der Waals surface area contributed by atoms with Gasteiger partial charge in [0.05, 0.1) is 31.2 Å². The molecule has 13 nitrogen and oxygen atoms in total. The zero-order valence-electron chi connectivity index (χ0n) is 22.1. The van der Waals surface area contributed by atoms with E-state index in [1.807, 2.05) is 0 Å². The number of carbonyl (C=O) groups is 2. The van der Waals surface area contributed by atoms with E-state index < -0.39 is 37.1 Å². The first-order valence-corrected chi connectivity index (χ1v) is 13.6. The Morgan fingerprint density at radius 2 is 1.72 bits per heavy atom. The largest absolute Gasteiger partial charge is 0.462 e. The summed E-state index contributed by atoms with van der Waals surface area (Å²) in [6, 6.07) is -0.932. The van der Waals surface area contributed by atoms with Gasteiger partial charge in [0, 0.05) is 0 Å². The van der Waals surface area contributed by atoms with Crippen molar-refractivity contribution in [3.05, 3.63) is 12.7 Å². The molecule has 0 aliphatic carbocycles. The third kappa shape index (κ3) is 8.22. The molecule has 0 radical (unpaired) electrons. The van der Waals surface area contributed by atoms with E-state index in [0.717, 1.165) is 0 Å². The van der Waals surface area contributed by atoms with Gasteiger partial charge < -0.3 is 24.5 Å². The van der Waals surface area contributed by atoms with E-state index in [9.17, 15) is 14.2 Å². The summed E-state index contributed by atoms with van der Waals surface area (Å²) in [5.41, 5.74) is 5.52. The number of esters is 2. The van der Waals surface area contributed by atoms with Crippen LogP contribution in [0.2, 0.25) is 0 Å². The van der Waals surface area contributed by atoms with E-state index >= 15 is 0 Å². The van der Waals surface area contributed by atoms with Crippen LogP contribution in [0.3, 0.4) is 0 Å². The highest BCUT2D eigenvalue weighted by atomic mass is 31.2. The summed E-state index contributed by atoms with van der Waals surface area (Å²) in [6.45, 7) is 13.6. The van der Waals surface area contributed by atoms with Crippen LogP contribution >= 0.6 is 7.44 Å². The number of nitrogens with two attached hydrogens (primary N) is 1. The molecule has 2 aromatic rings. The Bertz CT molecular complexity index is 1100. The SMILES string of the molecule is CC(C)OC(=O)[C@@H](C)NP(=O)(CO[C@@H](C)Cn1cnc2c(N)ncnc21)NC(C)(C)C(=O)OC(C)C. The maximum atomic E-state index is 14.0. The van der Waals surface area contributed by atoms with Crippen molar-refractivity contribution in [2.75, 3.05) is 12.1 Å². The average Bonchev–Trinajstić information content (AvgIpc) is 3.15. The fourth-order valence-electron chi connectivity index (χ4n) is 3.25. The van der Waals surface area contributed by atoms with Crippen LogP contribution in [-0.4, -0.2) is 67.7 Å². The second-order valence-electron chi connectivity index (χ2n) is 9.70. The fraction of sp³-hybridized carbons (Fsp3) is 0.682. The summed E-state index contributed by atoms with van der Waals surface area (Å²) in [5, 5.41) is 5.64. The molecule has 0 fully saturated rings. The zero-order valence-corrected chi connectivity index (χ0v) is 23.0. The molecule has 0 spiro atoms. The number of imidazole rings is 1. The zero-order chi connectivity index (χ0) is 27.3. The van der Waals surface area contributed by atoms with Crippen LogP contribution in [0.4, 0.5) is 5.82 Å². The minimum atomic E-state index is -3.69. The molecule has 0 aromatic carbocycles. The van der Waals surface area contributed by atoms with Crippen molar-refractivity contribution in [1.29, 1.82) is 0 Å². The van der Waals surface area contributed by atoms with Crippen LogP contribution in [0.5, 0.6) is 0 Å². The molecule has 0 aliphatic rings. The molecular weight excluding hydrogens is 489 g/mol. The molecule has 2 heterocycles. The minimum Gasteiger partial charge on any atom is -0.462 e. The van der Waals surface area contributed by atoms with E-state index in [-0.39, 0.29) is 24.4 Å². The Labute approximate surface area is 211 Å². The van der Waals surface area contributed by atoms with Crippen LogP contribution in [0.15, 0.2) is 12.7 Å². The Kier molecular flexibility index (Phi) is 9.95. The number of carbonyl (C=O) groups excluding carboxylic acids is 2. The van der Waals surface area contributed by atoms with Gasteiger partial charge in [-0.25, -0.2) is 25.1 Å². The number of nitrogens with zero attached hydrogens (tertiary/aromatic N) is 4. The minimum absolute atomic E-state index is 0.267. The topological polar surface area (TPSA) is 173 Å². The van der Waals surface area contributed by atoms with Crippen molar-refractivity contribution in [2.45, 2.75) is 91.8 Å². The number of ether oxygens (including phenoxy) is 3. The van der Waals surface area contributed by atoms with Crippen molar-refractivity contribution in [3.63, 3.8) is 0 Å². The lowest BCUT2D eigenvalue weighted by molar-refractivity contribution is -0.153. The van der Waals surface area contributed by atoms with Gasteiger partial charge in [0.1, 0.15) is 29.8 Å². The quantitative estimate of drug-likeness (QED) is 0.256. The Balaban J connectivity index is 2.18. The van der Waals surface area contributed by atoms with Crippen molar-refractivity contribution in [3.8, 4) is 0 Å². The number of aromatic nitrogens is 4. The summed E-state index contributed by atoms with van der Waals surface area (Å²) >= 11 is 0. The number of hydrogen-bond donors (Lipinski definition) is 3. The van der Waals surface area contributed by atoms with Crippen LogP contribution in [0.1, 0.15) is 55.4 Å². The predicted octanol–water partition coefficient (Wildman–Crippen LogP) is 2.21. The lowest BCUT2D eigenvalue weighted by Gasteiger charge is -2.33. The molecule has 2 aromatic heterocycles. The molecule has 0 amide bonds. The smallest absolute Gasteiger partial charge is 0.326 e. The monoisotopic (exact) mass is 527 g/mol. The van der Waals surface area contributed by atoms with Gasteiger partial charge in [-0.3, -0.25) is 14.2 Å². The fourth-order valence-corrected chi connectivity index (χ4v) is 5.65. The van der Waals surface area contributed by atoms with Gasteiger partial charge >= 0.3 is 11.9 Å². The average molecular weight is 528 g/mol. The maximum Gasteiger partial charge on any atom is 0.326 e. The number of hydrogen-bond acceptors (Lipinski definition) is 10. The molecule has 0 bridgehead atoms. The summed E-state index contributed by atoms with van der Waals surface area (Å²) < 4.78 is 32.1. The summed E-state index contributed by atoms with van der Waals surface area (Å²) in [4.78, 5) is 37.4. The Morgan fingerprint density at radius 3 is 2.33 bits per heavy atom. The molecule has 0 saturated carbocycles. The third-order valence-corrected chi connectivity index (χ3v) is 7.08. The molecule has 4 N–H and O–H groups in total. The molecule has 14 heteroatoms. The highest BCUT2D eigenvalue weighted by Crippen LogP contribution is 2.40. The number of anilines is 1. The lowest BCUT2D eigenvalue weighted by Crippen LogP contribution is -2.51. The molecular formula is C22H38N7O6P. The molecule has 202 valence electrons. The van der Waals surface area contributed by atoms with Gasteiger partial charge in [-0.2, -0.15) is 0 Å². The second kappa shape index (κ2) is 12.1. The van der Waals surface area contributed by atoms with Crippen LogP contribution in [0.25, 0.3) is 11.2 Å². The molecule has 1 unspecified atom stereocenters. The van der Waals surface area contributed by atoms with Gasteiger partial charge in [-0.05, 0) is 55.4 Å². The van der Waals surface area contributed by atoms with Gasteiger partial charge in [0.2, 0.25) is 7.44 Å². The molecule has 0 saturated heterocycles. The lowest BCUT2D eigenvalue weighted by atomic mass is 10.1. The standard InChI is InChI=1S/C22H38N7O6P/c1-13(2)34-20(30)16(6)27-36(32,28-22(7,8)21(31)35-14(3)4)12-33-15(5)9-29-11-26-17-18(23)24-10-25-19(17)29/h10-11,13-16H,9,12H2,1-8H3,(H2,23,24,25)(H2,27,28,32)/t15-,16+,36?/m0/s1. The van der Waals surface area contributed by atoms with Crippen LogP contribution in [-0.2, 0) is 34.9 Å². The van der Waals surface area contributed by atoms with Crippen molar-refractivity contribution < 1.29 is 28.4 Å². The van der Waals surface area contributed by atoms with E-state index in [1.54, 1.807) is 59.4 Å². The third-order valence-electron chi connectivity index (χ3n) is 4.84. The van der Waals surface area contributed by atoms with Crippen molar-refractivity contribution in [2.24, 2.45) is 0 Å². The van der Waals surface area contributed by atoms with E-state index in [0.29, 0.717) is 17.7 Å². The maximum absolute atomic E-state index is 14.0. The highest BCUT2D eigenvalue weighted by molar-refractivity contribution is 7.59. The van der Waals surface area contributed by atoms with E-state index in [4.69, 9.17) is 19.9 Å². The Hall–Kier alpha value is -2.60. The normalized spacial score (nSPS) is 15.6. The van der Waals surface area contributed by atoms with Gasteiger partial charge in [0.15, 0.2) is 11.5 Å². The van der Waals surface area contributed by atoms with E-state index in [2.05, 4.69) is 25.1 Å². The number of fused-ring (bicyclic) bond motifs is 1. The molecule has 3 atom stereocenters. The number of nitrogens with one attached hydrogen (secondary N) is 2. The molecule has 2 rings (SSSR count). The van der Waals surface area contributed by atoms with E-state index in [1.165, 1.54) is 13.3 Å². The first kappa shape index (κ1) is 29.6. The number of nitrogen functional groups attached to an aromatic ring is 1. The van der Waals surface area contributed by atoms with Gasteiger partial charge in [-0.1, -0.05) is 0 Å². The van der Waals surface area contributed by atoms with Crippen molar-refractivity contribution >= 4 is 36.4 Å². The summed E-state index contributed by atoms with van der Waals surface area (Å²) in [6.07, 6.45) is 1.45. The highest BCUT2D eigenvalue weighted by Gasteiger charge is 2.39. The first-order valence-electron chi connectivity index (χ1n) is 11.7.